The van der Waals surface area contributed by atoms with E-state index in [1.165, 1.54) is 5.56 Å². The van der Waals surface area contributed by atoms with E-state index in [-0.39, 0.29) is 0 Å². The number of para-hydroxylation sites is 1. The molecule has 2 rings (SSSR count). The third kappa shape index (κ3) is 4.20. The van der Waals surface area contributed by atoms with Crippen LogP contribution in [0.25, 0.3) is 0 Å². The monoisotopic (exact) mass is 264 g/mol. The fourth-order valence-corrected chi connectivity index (χ4v) is 2.40. The predicted molar refractivity (Wildman–Crippen MR) is 76.7 cm³/mol. The van der Waals surface area contributed by atoms with Crippen molar-refractivity contribution in [3.63, 3.8) is 0 Å². The Morgan fingerprint density at radius 1 is 1.32 bits per heavy atom. The lowest BCUT2D eigenvalue weighted by Gasteiger charge is -2.27. The van der Waals surface area contributed by atoms with E-state index in [9.17, 15) is 0 Å². The lowest BCUT2D eigenvalue weighted by molar-refractivity contribution is 0.0382. The molecule has 4 heteroatoms. The van der Waals surface area contributed by atoms with Crippen molar-refractivity contribution in [2.45, 2.75) is 13.0 Å². The number of methoxy groups -OCH3 is 1. The van der Waals surface area contributed by atoms with E-state index >= 15 is 0 Å². The molecule has 0 aliphatic carbocycles. The molecule has 1 N–H and O–H groups in total. The summed E-state index contributed by atoms with van der Waals surface area (Å²) in [6.45, 7) is 8.05. The maximum absolute atomic E-state index is 5.40. The normalized spacial score (nSPS) is 18.2. The van der Waals surface area contributed by atoms with Crippen LogP contribution in [0.4, 0.5) is 0 Å². The summed E-state index contributed by atoms with van der Waals surface area (Å²) in [5.74, 6) is 0.953. The molecule has 0 spiro atoms. The quantitative estimate of drug-likeness (QED) is 0.847. The standard InChI is InChI=1S/C15H24N2O2/c1-13(14-5-3-4-6-15(14)18-2)16-7-8-17-9-11-19-12-10-17/h3-6,13,16H,7-12H2,1-2H3/t13-/m1/s1. The van der Waals surface area contributed by atoms with Crippen LogP contribution in [-0.2, 0) is 4.74 Å². The highest BCUT2D eigenvalue weighted by Crippen LogP contribution is 2.23. The second-order valence-electron chi connectivity index (χ2n) is 4.87. The molecule has 1 atom stereocenters. The van der Waals surface area contributed by atoms with Gasteiger partial charge < -0.3 is 14.8 Å². The Balaban J connectivity index is 1.78. The molecule has 106 valence electrons. The first-order chi connectivity index (χ1) is 9.31. The van der Waals surface area contributed by atoms with Gasteiger partial charge in [0, 0.05) is 37.8 Å². The highest BCUT2D eigenvalue weighted by molar-refractivity contribution is 5.35. The molecule has 1 aromatic carbocycles. The molecule has 4 nitrogen and oxygen atoms in total. The number of benzene rings is 1. The molecule has 1 fully saturated rings. The van der Waals surface area contributed by atoms with Crippen molar-refractivity contribution in [1.82, 2.24) is 10.2 Å². The molecule has 0 saturated carbocycles. The van der Waals surface area contributed by atoms with Gasteiger partial charge in [0.2, 0.25) is 0 Å². The zero-order chi connectivity index (χ0) is 13.5. The number of morpholine rings is 1. The summed E-state index contributed by atoms with van der Waals surface area (Å²) in [6, 6.07) is 8.49. The summed E-state index contributed by atoms with van der Waals surface area (Å²) in [7, 11) is 1.72. The number of ether oxygens (including phenoxy) is 2. The van der Waals surface area contributed by atoms with Crippen molar-refractivity contribution < 1.29 is 9.47 Å². The Bertz CT molecular complexity index is 378. The zero-order valence-corrected chi connectivity index (χ0v) is 11.9. The van der Waals surface area contributed by atoms with Crippen LogP contribution in [0.3, 0.4) is 0 Å². The van der Waals surface area contributed by atoms with Gasteiger partial charge in [-0.15, -0.1) is 0 Å². The van der Waals surface area contributed by atoms with Crippen LogP contribution in [0.1, 0.15) is 18.5 Å². The van der Waals surface area contributed by atoms with Crippen LogP contribution in [0.2, 0.25) is 0 Å². The van der Waals surface area contributed by atoms with E-state index in [0.29, 0.717) is 6.04 Å². The topological polar surface area (TPSA) is 33.7 Å². The predicted octanol–water partition coefficient (Wildman–Crippen LogP) is 1.68. The van der Waals surface area contributed by atoms with Crippen LogP contribution >= 0.6 is 0 Å². The maximum Gasteiger partial charge on any atom is 0.123 e. The van der Waals surface area contributed by atoms with E-state index in [2.05, 4.69) is 29.3 Å². The van der Waals surface area contributed by atoms with Crippen molar-refractivity contribution in [1.29, 1.82) is 0 Å². The summed E-state index contributed by atoms with van der Waals surface area (Å²) in [5.41, 5.74) is 1.21. The van der Waals surface area contributed by atoms with Gasteiger partial charge in [-0.25, -0.2) is 0 Å². The first-order valence-electron chi connectivity index (χ1n) is 6.97. The minimum Gasteiger partial charge on any atom is -0.496 e. The smallest absolute Gasteiger partial charge is 0.123 e. The SMILES string of the molecule is COc1ccccc1[C@@H](C)NCCN1CCOCC1. The van der Waals surface area contributed by atoms with Crippen LogP contribution in [-0.4, -0.2) is 51.4 Å². The minimum absolute atomic E-state index is 0.303. The minimum atomic E-state index is 0.303. The summed E-state index contributed by atoms with van der Waals surface area (Å²) >= 11 is 0. The van der Waals surface area contributed by atoms with Crippen LogP contribution in [0, 0.1) is 0 Å². The van der Waals surface area contributed by atoms with E-state index in [1.54, 1.807) is 7.11 Å². The summed E-state index contributed by atoms with van der Waals surface area (Å²) in [4.78, 5) is 2.44. The Morgan fingerprint density at radius 2 is 2.05 bits per heavy atom. The Hall–Kier alpha value is -1.10. The van der Waals surface area contributed by atoms with Gasteiger partial charge in [0.25, 0.3) is 0 Å². The van der Waals surface area contributed by atoms with Gasteiger partial charge >= 0.3 is 0 Å². The van der Waals surface area contributed by atoms with Crippen LogP contribution < -0.4 is 10.1 Å². The van der Waals surface area contributed by atoms with E-state index in [1.807, 2.05) is 12.1 Å². The molecule has 0 radical (unpaired) electrons. The molecule has 1 saturated heterocycles. The Labute approximate surface area is 115 Å². The molecule has 1 heterocycles. The van der Waals surface area contributed by atoms with Gasteiger partial charge in [0.05, 0.1) is 20.3 Å². The third-order valence-electron chi connectivity index (χ3n) is 3.59. The van der Waals surface area contributed by atoms with Gasteiger partial charge in [0.1, 0.15) is 5.75 Å². The first kappa shape index (κ1) is 14.3. The second-order valence-corrected chi connectivity index (χ2v) is 4.87. The molecule has 1 aliphatic rings. The number of hydrogen-bond donors (Lipinski definition) is 1. The average Bonchev–Trinajstić information content (AvgIpc) is 2.48. The highest BCUT2D eigenvalue weighted by Gasteiger charge is 2.12. The Morgan fingerprint density at radius 3 is 2.79 bits per heavy atom. The fourth-order valence-electron chi connectivity index (χ4n) is 2.40. The summed E-state index contributed by atoms with van der Waals surface area (Å²) in [6.07, 6.45) is 0. The van der Waals surface area contributed by atoms with Crippen molar-refractivity contribution in [3.8, 4) is 5.75 Å². The van der Waals surface area contributed by atoms with Gasteiger partial charge in [0.15, 0.2) is 0 Å². The van der Waals surface area contributed by atoms with Crippen molar-refractivity contribution in [2.24, 2.45) is 0 Å². The molecular formula is C15H24N2O2. The molecule has 0 unspecified atom stereocenters. The molecular weight excluding hydrogens is 240 g/mol. The molecule has 1 aliphatic heterocycles. The zero-order valence-electron chi connectivity index (χ0n) is 11.9. The third-order valence-corrected chi connectivity index (χ3v) is 3.59. The molecule has 1 aromatic rings. The summed E-state index contributed by atoms with van der Waals surface area (Å²) in [5, 5.41) is 3.56. The number of nitrogens with one attached hydrogen (secondary N) is 1. The highest BCUT2D eigenvalue weighted by atomic mass is 16.5. The first-order valence-corrected chi connectivity index (χ1v) is 6.97. The lowest BCUT2D eigenvalue weighted by Crippen LogP contribution is -2.40. The lowest BCUT2D eigenvalue weighted by atomic mass is 10.1. The van der Waals surface area contributed by atoms with Crippen molar-refractivity contribution >= 4 is 0 Å². The maximum atomic E-state index is 5.40. The Kier molecular flexibility index (Phi) is 5.63. The summed E-state index contributed by atoms with van der Waals surface area (Å²) < 4.78 is 10.7. The van der Waals surface area contributed by atoms with Gasteiger partial charge in [-0.3, -0.25) is 4.90 Å². The number of rotatable bonds is 6. The molecule has 0 aromatic heterocycles. The van der Waals surface area contributed by atoms with Crippen LogP contribution in [0.5, 0.6) is 5.75 Å². The van der Waals surface area contributed by atoms with Crippen LogP contribution in [0.15, 0.2) is 24.3 Å². The van der Waals surface area contributed by atoms with Crippen molar-refractivity contribution in [3.05, 3.63) is 29.8 Å². The molecule has 0 amide bonds. The average molecular weight is 264 g/mol. The molecule has 19 heavy (non-hydrogen) atoms. The van der Waals surface area contributed by atoms with E-state index < -0.39 is 0 Å². The molecule has 0 bridgehead atoms. The van der Waals surface area contributed by atoms with Gasteiger partial charge in [-0.05, 0) is 13.0 Å². The van der Waals surface area contributed by atoms with Gasteiger partial charge in [-0.2, -0.15) is 0 Å². The number of nitrogens with zero attached hydrogens (tertiary/aromatic N) is 1. The number of hydrogen-bond acceptors (Lipinski definition) is 4. The van der Waals surface area contributed by atoms with Crippen molar-refractivity contribution in [2.75, 3.05) is 46.5 Å². The fraction of sp³-hybridized carbons (Fsp3) is 0.600. The van der Waals surface area contributed by atoms with E-state index in [4.69, 9.17) is 9.47 Å². The van der Waals surface area contributed by atoms with E-state index in [0.717, 1.165) is 45.1 Å². The van der Waals surface area contributed by atoms with Gasteiger partial charge in [-0.1, -0.05) is 18.2 Å². The largest absolute Gasteiger partial charge is 0.496 e. The second kappa shape index (κ2) is 7.48.